The van der Waals surface area contributed by atoms with Crippen LogP contribution in [0.25, 0.3) is 0 Å². The number of nitrogens with one attached hydrogen (secondary N) is 1. The fraction of sp³-hybridized carbons (Fsp3) is 0.583. The highest BCUT2D eigenvalue weighted by Gasteiger charge is 2.30. The Bertz CT molecular complexity index is 476. The number of Topliss-reactive ketones (excluding diaryl/α,β-unsaturated/α-hetero) is 1. The number of anilines is 1. The third-order valence-electron chi connectivity index (χ3n) is 3.06. The first-order valence-corrected chi connectivity index (χ1v) is 7.84. The van der Waals surface area contributed by atoms with Gasteiger partial charge in [0, 0.05) is 18.2 Å². The van der Waals surface area contributed by atoms with Crippen LogP contribution in [0.4, 0.5) is 5.13 Å². The molecule has 0 amide bonds. The van der Waals surface area contributed by atoms with Crippen molar-refractivity contribution in [3.63, 3.8) is 0 Å². The molecule has 1 atom stereocenters. The highest BCUT2D eigenvalue weighted by molar-refractivity contribution is 8.00. The van der Waals surface area contributed by atoms with Crippen LogP contribution in [0.1, 0.15) is 46.8 Å². The lowest BCUT2D eigenvalue weighted by Gasteiger charge is -2.22. The minimum Gasteiger partial charge on any atom is -0.476 e. The number of carbonyl (C=O) groups excluding carboxylic acids is 1. The van der Waals surface area contributed by atoms with Gasteiger partial charge in [0.25, 0.3) is 0 Å². The number of hydrogen-bond donors (Lipinski definition) is 2. The van der Waals surface area contributed by atoms with Crippen LogP contribution >= 0.6 is 23.1 Å². The Balaban J connectivity index is 2.10. The molecule has 2 N–H and O–H groups in total. The standard InChI is InChI=1S/C12H16N2O3S2/c1-7(15)9-8(10(16)17)14-11(19-9)13-6-12(2)4-3-5-18-12/h3-6H2,1-2H3,(H,13,14)(H,16,17). The van der Waals surface area contributed by atoms with E-state index >= 15 is 0 Å². The first-order chi connectivity index (χ1) is 8.91. The molecule has 1 saturated heterocycles. The summed E-state index contributed by atoms with van der Waals surface area (Å²) in [5.41, 5.74) is -0.149. The van der Waals surface area contributed by atoms with E-state index in [0.29, 0.717) is 5.13 Å². The molecule has 5 nitrogen and oxygen atoms in total. The van der Waals surface area contributed by atoms with Crippen LogP contribution in [0.5, 0.6) is 0 Å². The quantitative estimate of drug-likeness (QED) is 0.814. The molecule has 2 heterocycles. The van der Waals surface area contributed by atoms with E-state index in [1.807, 2.05) is 11.8 Å². The van der Waals surface area contributed by atoms with Gasteiger partial charge in [-0.2, -0.15) is 11.8 Å². The van der Waals surface area contributed by atoms with E-state index in [-0.39, 0.29) is 21.1 Å². The SMILES string of the molecule is CC(=O)c1sc(NCC2(C)CCCS2)nc1C(=O)O. The van der Waals surface area contributed by atoms with Gasteiger partial charge in [-0.1, -0.05) is 11.3 Å². The number of carboxylic acids is 1. The monoisotopic (exact) mass is 300 g/mol. The smallest absolute Gasteiger partial charge is 0.356 e. The molecule has 0 aliphatic carbocycles. The molecule has 1 unspecified atom stereocenters. The average molecular weight is 300 g/mol. The second-order valence-corrected chi connectivity index (χ2v) is 7.50. The molecule has 1 aromatic rings. The summed E-state index contributed by atoms with van der Waals surface area (Å²) in [6.07, 6.45) is 2.35. The topological polar surface area (TPSA) is 79.3 Å². The maximum absolute atomic E-state index is 11.4. The summed E-state index contributed by atoms with van der Waals surface area (Å²) in [6.45, 7) is 4.29. The molecule has 0 spiro atoms. The van der Waals surface area contributed by atoms with Gasteiger partial charge in [0.1, 0.15) is 4.88 Å². The Hall–Kier alpha value is -1.08. The molecule has 0 bridgehead atoms. The lowest BCUT2D eigenvalue weighted by atomic mass is 10.1. The van der Waals surface area contributed by atoms with Crippen molar-refractivity contribution in [3.05, 3.63) is 10.6 Å². The summed E-state index contributed by atoms with van der Waals surface area (Å²) in [6, 6.07) is 0. The van der Waals surface area contributed by atoms with Gasteiger partial charge in [-0.25, -0.2) is 9.78 Å². The zero-order valence-electron chi connectivity index (χ0n) is 10.9. The molecule has 0 radical (unpaired) electrons. The predicted octanol–water partition coefficient (Wildman–Crippen LogP) is 2.74. The molecule has 1 aliphatic heterocycles. The van der Waals surface area contributed by atoms with Crippen molar-refractivity contribution >= 4 is 40.0 Å². The predicted molar refractivity (Wildman–Crippen MR) is 77.7 cm³/mol. The molecule has 7 heteroatoms. The van der Waals surface area contributed by atoms with Gasteiger partial charge in [-0.15, -0.1) is 0 Å². The van der Waals surface area contributed by atoms with Gasteiger partial charge in [0.05, 0.1) is 0 Å². The number of thioether (sulfide) groups is 1. The number of carboxylic acid groups (broad SMARTS) is 1. The fourth-order valence-electron chi connectivity index (χ4n) is 2.02. The third kappa shape index (κ3) is 3.27. The summed E-state index contributed by atoms with van der Waals surface area (Å²) < 4.78 is 0.172. The number of ketones is 1. The molecule has 0 saturated carbocycles. The molecule has 0 aromatic carbocycles. The van der Waals surface area contributed by atoms with Crippen molar-refractivity contribution in [2.45, 2.75) is 31.4 Å². The normalized spacial score (nSPS) is 22.4. The Morgan fingerprint density at radius 1 is 1.53 bits per heavy atom. The molecular weight excluding hydrogens is 284 g/mol. The highest BCUT2D eigenvalue weighted by Crippen LogP contribution is 2.38. The molecule has 1 aliphatic rings. The maximum atomic E-state index is 11.4. The number of aromatic nitrogens is 1. The van der Waals surface area contributed by atoms with Crippen LogP contribution in [0.15, 0.2) is 0 Å². The van der Waals surface area contributed by atoms with Crippen molar-refractivity contribution in [2.75, 3.05) is 17.6 Å². The molecular formula is C12H16N2O3S2. The van der Waals surface area contributed by atoms with Crippen molar-refractivity contribution < 1.29 is 14.7 Å². The van der Waals surface area contributed by atoms with Crippen LogP contribution in [0.3, 0.4) is 0 Å². The summed E-state index contributed by atoms with van der Waals surface area (Å²) in [7, 11) is 0. The maximum Gasteiger partial charge on any atom is 0.356 e. The second-order valence-electron chi connectivity index (χ2n) is 4.81. The summed E-state index contributed by atoms with van der Waals surface area (Å²) >= 11 is 3.03. The Morgan fingerprint density at radius 3 is 2.74 bits per heavy atom. The first-order valence-electron chi connectivity index (χ1n) is 6.04. The van der Waals surface area contributed by atoms with E-state index in [2.05, 4.69) is 17.2 Å². The number of aromatic carboxylic acids is 1. The molecule has 1 aromatic heterocycles. The van der Waals surface area contributed by atoms with Crippen LogP contribution in [0.2, 0.25) is 0 Å². The fourth-order valence-corrected chi connectivity index (χ4v) is 4.11. The number of thiazole rings is 1. The zero-order valence-corrected chi connectivity index (χ0v) is 12.5. The Kier molecular flexibility index (Phi) is 4.15. The van der Waals surface area contributed by atoms with E-state index in [1.54, 1.807) is 0 Å². The van der Waals surface area contributed by atoms with Crippen molar-refractivity contribution in [3.8, 4) is 0 Å². The van der Waals surface area contributed by atoms with E-state index in [4.69, 9.17) is 5.11 Å². The van der Waals surface area contributed by atoms with Crippen LogP contribution in [0, 0.1) is 0 Å². The molecule has 104 valence electrons. The van der Waals surface area contributed by atoms with Crippen molar-refractivity contribution in [1.82, 2.24) is 4.98 Å². The van der Waals surface area contributed by atoms with E-state index in [9.17, 15) is 9.59 Å². The van der Waals surface area contributed by atoms with E-state index in [1.165, 1.54) is 13.3 Å². The Labute approximate surface area is 119 Å². The minimum atomic E-state index is -1.16. The van der Waals surface area contributed by atoms with E-state index in [0.717, 1.165) is 30.1 Å². The minimum absolute atomic E-state index is 0.149. The van der Waals surface area contributed by atoms with Crippen molar-refractivity contribution in [1.29, 1.82) is 0 Å². The van der Waals surface area contributed by atoms with Gasteiger partial charge in [0.15, 0.2) is 16.6 Å². The second kappa shape index (κ2) is 5.50. The molecule has 19 heavy (non-hydrogen) atoms. The summed E-state index contributed by atoms with van der Waals surface area (Å²) in [4.78, 5) is 26.6. The van der Waals surface area contributed by atoms with Crippen LogP contribution in [-0.2, 0) is 0 Å². The number of rotatable bonds is 5. The number of nitrogens with zero attached hydrogens (tertiary/aromatic N) is 1. The largest absolute Gasteiger partial charge is 0.476 e. The molecule has 1 fully saturated rings. The zero-order chi connectivity index (χ0) is 14.0. The number of hydrogen-bond acceptors (Lipinski definition) is 6. The van der Waals surface area contributed by atoms with E-state index < -0.39 is 5.97 Å². The van der Waals surface area contributed by atoms with Crippen LogP contribution < -0.4 is 5.32 Å². The lowest BCUT2D eigenvalue weighted by molar-refractivity contribution is 0.0687. The van der Waals surface area contributed by atoms with Gasteiger partial charge < -0.3 is 10.4 Å². The van der Waals surface area contributed by atoms with Gasteiger partial charge in [-0.3, -0.25) is 4.79 Å². The van der Waals surface area contributed by atoms with Gasteiger partial charge in [-0.05, 0) is 25.5 Å². The highest BCUT2D eigenvalue weighted by atomic mass is 32.2. The lowest BCUT2D eigenvalue weighted by Crippen LogP contribution is -2.27. The average Bonchev–Trinajstić information content (AvgIpc) is 2.93. The van der Waals surface area contributed by atoms with Gasteiger partial charge in [0.2, 0.25) is 0 Å². The summed E-state index contributed by atoms with van der Waals surface area (Å²) in [5, 5.41) is 12.7. The third-order valence-corrected chi connectivity index (χ3v) is 5.72. The van der Waals surface area contributed by atoms with Gasteiger partial charge >= 0.3 is 5.97 Å². The van der Waals surface area contributed by atoms with Crippen LogP contribution in [-0.4, -0.2) is 38.9 Å². The number of carbonyl (C=O) groups is 2. The Morgan fingerprint density at radius 2 is 2.26 bits per heavy atom. The van der Waals surface area contributed by atoms with Crippen molar-refractivity contribution in [2.24, 2.45) is 0 Å². The first kappa shape index (κ1) is 14.3. The summed E-state index contributed by atoms with van der Waals surface area (Å²) in [5.74, 6) is -0.255. The molecule has 2 rings (SSSR count).